The molecule has 0 aromatic heterocycles. The molecule has 0 saturated heterocycles. The van der Waals surface area contributed by atoms with Crippen molar-refractivity contribution in [1.82, 2.24) is 0 Å². The molecule has 0 N–H and O–H groups in total. The van der Waals surface area contributed by atoms with E-state index in [1.807, 2.05) is 0 Å². The third kappa shape index (κ3) is 57.6. The van der Waals surface area contributed by atoms with Crippen LogP contribution in [-0.4, -0.2) is 132 Å². The minimum Gasteiger partial charge on any atom is -0.379 e. The molecule has 0 aliphatic carbocycles. The van der Waals surface area contributed by atoms with Crippen LogP contribution < -0.4 is 0 Å². The Balaban J connectivity index is 3.06. The molecule has 0 fully saturated rings. The molecule has 0 aromatic carbocycles. The Bertz CT molecular complexity index is 648. The molecule has 10 heteroatoms. The minimum absolute atomic E-state index is 0.536. The molecule has 0 amide bonds. The quantitative estimate of drug-likeness (QED) is 0.0551. The first-order chi connectivity index (χ1) is 29.4. The molecule has 0 bridgehead atoms. The van der Waals surface area contributed by atoms with Crippen LogP contribution in [0.15, 0.2) is 0 Å². The van der Waals surface area contributed by atoms with Crippen molar-refractivity contribution in [2.24, 2.45) is 0 Å². The predicted molar refractivity (Wildman–Crippen MR) is 244 cm³/mol. The van der Waals surface area contributed by atoms with Crippen LogP contribution in [-0.2, 0) is 47.4 Å². The van der Waals surface area contributed by atoms with Crippen molar-refractivity contribution in [3.8, 4) is 0 Å². The van der Waals surface area contributed by atoms with Crippen LogP contribution in [0, 0.1) is 0 Å². The van der Waals surface area contributed by atoms with Crippen molar-refractivity contribution in [2.45, 2.75) is 187 Å². The standard InChI is InChI=1S/C49H100O10/c1-3-5-7-9-11-13-15-17-19-21-23-25-27-29-31-51-33-35-53-37-39-55-41-43-57-45-47-59-49-48-58-46-44-56-42-40-54-38-36-52-34-32-50-30-28-26-24-22-20-18-16-14-12-10-8-6-4-2/h3-49H2,1-2H3. The molecular formula is C49H100O10. The summed E-state index contributed by atoms with van der Waals surface area (Å²) in [5.41, 5.74) is 0. The largest absolute Gasteiger partial charge is 0.379 e. The van der Waals surface area contributed by atoms with Gasteiger partial charge >= 0.3 is 0 Å². The van der Waals surface area contributed by atoms with Crippen LogP contribution in [0.25, 0.3) is 0 Å². The van der Waals surface area contributed by atoms with Gasteiger partial charge in [-0.05, 0) is 12.8 Å². The van der Waals surface area contributed by atoms with Crippen molar-refractivity contribution in [3.63, 3.8) is 0 Å². The average Bonchev–Trinajstić information content (AvgIpc) is 3.25. The lowest BCUT2D eigenvalue weighted by Gasteiger charge is -2.09. The lowest BCUT2D eigenvalue weighted by atomic mass is 10.0. The lowest BCUT2D eigenvalue weighted by Crippen LogP contribution is -2.15. The third-order valence-corrected chi connectivity index (χ3v) is 10.4. The zero-order valence-electron chi connectivity index (χ0n) is 39.3. The van der Waals surface area contributed by atoms with Crippen molar-refractivity contribution in [3.05, 3.63) is 0 Å². The summed E-state index contributed by atoms with van der Waals surface area (Å²) >= 11 is 0. The van der Waals surface area contributed by atoms with Gasteiger partial charge in [0.15, 0.2) is 0 Å². The van der Waals surface area contributed by atoms with Crippen LogP contribution in [0.3, 0.4) is 0 Å². The predicted octanol–water partition coefficient (Wildman–Crippen LogP) is 11.7. The maximum Gasteiger partial charge on any atom is 0.0701 e. The van der Waals surface area contributed by atoms with Gasteiger partial charge in [-0.3, -0.25) is 0 Å². The van der Waals surface area contributed by atoms with Crippen molar-refractivity contribution < 1.29 is 47.4 Å². The molecule has 59 heavy (non-hydrogen) atoms. The van der Waals surface area contributed by atoms with Crippen molar-refractivity contribution >= 4 is 0 Å². The summed E-state index contributed by atoms with van der Waals surface area (Å²) in [7, 11) is 0. The van der Waals surface area contributed by atoms with E-state index in [2.05, 4.69) is 13.8 Å². The van der Waals surface area contributed by atoms with E-state index in [0.717, 1.165) is 26.1 Å². The lowest BCUT2D eigenvalue weighted by molar-refractivity contribution is -0.0264. The fourth-order valence-electron chi connectivity index (χ4n) is 6.70. The van der Waals surface area contributed by atoms with Gasteiger partial charge in [-0.2, -0.15) is 0 Å². The summed E-state index contributed by atoms with van der Waals surface area (Å²) in [6, 6.07) is 0. The van der Waals surface area contributed by atoms with E-state index in [1.54, 1.807) is 0 Å². The molecule has 0 saturated carbocycles. The number of rotatable bonds is 56. The van der Waals surface area contributed by atoms with E-state index in [9.17, 15) is 0 Å². The molecule has 0 heterocycles. The molecule has 0 aliphatic rings. The van der Waals surface area contributed by atoms with Crippen LogP contribution in [0.2, 0.25) is 0 Å². The zero-order chi connectivity index (χ0) is 42.3. The van der Waals surface area contributed by atoms with E-state index in [0.29, 0.717) is 119 Å². The highest BCUT2D eigenvalue weighted by molar-refractivity contribution is 4.51. The minimum atomic E-state index is 0.536. The first kappa shape index (κ1) is 58.6. The van der Waals surface area contributed by atoms with Gasteiger partial charge in [0.2, 0.25) is 0 Å². The molecule has 356 valence electrons. The van der Waals surface area contributed by atoms with Gasteiger partial charge in [0.05, 0.1) is 119 Å². The molecule has 0 unspecified atom stereocenters. The molecule has 0 atom stereocenters. The maximum atomic E-state index is 5.70. The highest BCUT2D eigenvalue weighted by atomic mass is 16.6. The average molecular weight is 849 g/mol. The van der Waals surface area contributed by atoms with Crippen LogP contribution in [0.5, 0.6) is 0 Å². The second kappa shape index (κ2) is 57.6. The fraction of sp³-hybridized carbons (Fsp3) is 1.00. The summed E-state index contributed by atoms with van der Waals surface area (Å²) in [4.78, 5) is 0. The normalized spacial score (nSPS) is 11.7. The second-order valence-corrected chi connectivity index (χ2v) is 16.0. The summed E-state index contributed by atoms with van der Waals surface area (Å²) < 4.78 is 55.9. The van der Waals surface area contributed by atoms with Gasteiger partial charge < -0.3 is 47.4 Å². The number of hydrogen-bond donors (Lipinski definition) is 0. The summed E-state index contributed by atoms with van der Waals surface area (Å²) in [6.45, 7) is 16.5. The van der Waals surface area contributed by atoms with Crippen molar-refractivity contribution in [1.29, 1.82) is 0 Å². The van der Waals surface area contributed by atoms with E-state index < -0.39 is 0 Å². The highest BCUT2D eigenvalue weighted by Gasteiger charge is 1.99. The molecule has 0 aliphatic heterocycles. The summed E-state index contributed by atoms with van der Waals surface area (Å²) in [5, 5.41) is 0. The van der Waals surface area contributed by atoms with Gasteiger partial charge in [-0.15, -0.1) is 0 Å². The first-order valence-corrected chi connectivity index (χ1v) is 25.2. The van der Waals surface area contributed by atoms with E-state index >= 15 is 0 Å². The third-order valence-electron chi connectivity index (χ3n) is 10.4. The van der Waals surface area contributed by atoms with E-state index in [1.165, 1.54) is 161 Å². The Morgan fingerprint density at radius 3 is 0.407 bits per heavy atom. The van der Waals surface area contributed by atoms with Gasteiger partial charge in [0.1, 0.15) is 0 Å². The SMILES string of the molecule is CCCCCCCCCCCCCCCCOCCOCCOCCOCCOCCOCCOCCOCCOCCOCCCCCCCCCCCCCCC. The van der Waals surface area contributed by atoms with E-state index in [4.69, 9.17) is 47.4 Å². The topological polar surface area (TPSA) is 92.3 Å². The monoisotopic (exact) mass is 849 g/mol. The Morgan fingerprint density at radius 2 is 0.254 bits per heavy atom. The van der Waals surface area contributed by atoms with Crippen molar-refractivity contribution in [2.75, 3.05) is 132 Å². The zero-order valence-corrected chi connectivity index (χ0v) is 39.3. The molecule has 0 spiro atoms. The molecule has 10 nitrogen and oxygen atoms in total. The van der Waals surface area contributed by atoms with Crippen LogP contribution in [0.4, 0.5) is 0 Å². The van der Waals surface area contributed by atoms with Gasteiger partial charge in [-0.1, -0.05) is 174 Å². The van der Waals surface area contributed by atoms with Gasteiger partial charge in [-0.25, -0.2) is 0 Å². The Morgan fingerprint density at radius 1 is 0.136 bits per heavy atom. The molecular weight excluding hydrogens is 749 g/mol. The van der Waals surface area contributed by atoms with E-state index in [-0.39, 0.29) is 0 Å². The highest BCUT2D eigenvalue weighted by Crippen LogP contribution is 2.14. The van der Waals surface area contributed by atoms with Crippen LogP contribution in [0.1, 0.15) is 187 Å². The smallest absolute Gasteiger partial charge is 0.0701 e. The maximum absolute atomic E-state index is 5.70. The van der Waals surface area contributed by atoms with Gasteiger partial charge in [0, 0.05) is 13.2 Å². The molecule has 0 rings (SSSR count). The molecule has 0 radical (unpaired) electrons. The first-order valence-electron chi connectivity index (χ1n) is 25.2. The number of hydrogen-bond acceptors (Lipinski definition) is 10. The Kier molecular flexibility index (Phi) is 57.2. The van der Waals surface area contributed by atoms with Crippen LogP contribution >= 0.6 is 0 Å². The second-order valence-electron chi connectivity index (χ2n) is 16.0. The summed E-state index contributed by atoms with van der Waals surface area (Å²) in [5.74, 6) is 0. The summed E-state index contributed by atoms with van der Waals surface area (Å²) in [6.07, 6.45) is 37.1. The molecule has 0 aromatic rings. The van der Waals surface area contributed by atoms with Gasteiger partial charge in [0.25, 0.3) is 0 Å². The Labute approximate surface area is 365 Å². The Hall–Kier alpha value is -0.400. The number of ether oxygens (including phenoxy) is 10. The fourth-order valence-corrected chi connectivity index (χ4v) is 6.70. The number of unbranched alkanes of at least 4 members (excludes halogenated alkanes) is 25.